The first kappa shape index (κ1) is 11.4. The number of hydrogen-bond donors (Lipinski definition) is 2. The standard InChI is InChI=1S/C12H15N3O2/c1-12(2,3)17-11(16)15-10-6-8-4-5-13-9(8)7-14-10/h4-7,13H,1-3H3,(H,14,15,16). The number of pyridine rings is 1. The topological polar surface area (TPSA) is 67.0 Å². The molecule has 0 unspecified atom stereocenters. The first-order chi connectivity index (χ1) is 7.94. The summed E-state index contributed by atoms with van der Waals surface area (Å²) in [5.74, 6) is 0.478. The second kappa shape index (κ2) is 4.08. The summed E-state index contributed by atoms with van der Waals surface area (Å²) in [6.07, 6.45) is 2.99. The Morgan fingerprint density at radius 2 is 2.24 bits per heavy atom. The van der Waals surface area contributed by atoms with Crippen LogP contribution >= 0.6 is 0 Å². The molecule has 0 radical (unpaired) electrons. The van der Waals surface area contributed by atoms with Gasteiger partial charge in [-0.1, -0.05) is 0 Å². The van der Waals surface area contributed by atoms with Crippen LogP contribution in [-0.4, -0.2) is 21.7 Å². The number of nitrogens with zero attached hydrogens (tertiary/aromatic N) is 1. The van der Waals surface area contributed by atoms with Crippen LogP contribution in [0, 0.1) is 0 Å². The number of ether oxygens (including phenoxy) is 1. The average Bonchev–Trinajstić information content (AvgIpc) is 2.61. The van der Waals surface area contributed by atoms with Gasteiger partial charge in [-0.25, -0.2) is 9.78 Å². The number of aromatic amines is 1. The minimum atomic E-state index is -0.512. The number of fused-ring (bicyclic) bond motifs is 1. The van der Waals surface area contributed by atoms with E-state index in [1.807, 2.05) is 33.0 Å². The third-order valence-corrected chi connectivity index (χ3v) is 2.07. The Bertz CT molecular complexity index is 540. The molecule has 5 heteroatoms. The number of rotatable bonds is 1. The van der Waals surface area contributed by atoms with Crippen LogP contribution in [0.15, 0.2) is 24.5 Å². The maximum Gasteiger partial charge on any atom is 0.413 e. The maximum absolute atomic E-state index is 11.5. The summed E-state index contributed by atoms with van der Waals surface area (Å²) in [7, 11) is 0. The van der Waals surface area contributed by atoms with E-state index in [0.717, 1.165) is 10.9 Å². The largest absolute Gasteiger partial charge is 0.444 e. The normalized spacial score (nSPS) is 11.5. The predicted octanol–water partition coefficient (Wildman–Crippen LogP) is 2.91. The average molecular weight is 233 g/mol. The summed E-state index contributed by atoms with van der Waals surface area (Å²) in [6.45, 7) is 5.44. The van der Waals surface area contributed by atoms with Crippen LogP contribution in [0.2, 0.25) is 0 Å². The molecule has 0 spiro atoms. The molecule has 17 heavy (non-hydrogen) atoms. The Hall–Kier alpha value is -2.04. The van der Waals surface area contributed by atoms with Gasteiger partial charge in [0, 0.05) is 11.6 Å². The number of carbonyl (C=O) groups is 1. The molecule has 5 nitrogen and oxygen atoms in total. The molecule has 0 saturated heterocycles. The van der Waals surface area contributed by atoms with Gasteiger partial charge in [0.2, 0.25) is 0 Å². The molecular weight excluding hydrogens is 218 g/mol. The van der Waals surface area contributed by atoms with Crippen molar-refractivity contribution >= 4 is 22.8 Å². The number of amides is 1. The molecule has 0 aliphatic heterocycles. The van der Waals surface area contributed by atoms with Gasteiger partial charge in [0.15, 0.2) is 0 Å². The van der Waals surface area contributed by atoms with Gasteiger partial charge < -0.3 is 9.72 Å². The highest BCUT2D eigenvalue weighted by Crippen LogP contribution is 2.15. The van der Waals surface area contributed by atoms with Crippen LogP contribution in [0.1, 0.15) is 20.8 Å². The lowest BCUT2D eigenvalue weighted by molar-refractivity contribution is 0.0635. The molecule has 2 heterocycles. The molecule has 2 rings (SSSR count). The lowest BCUT2D eigenvalue weighted by Gasteiger charge is -2.19. The van der Waals surface area contributed by atoms with Crippen LogP contribution in [0.5, 0.6) is 0 Å². The second-order valence-electron chi connectivity index (χ2n) is 4.76. The molecule has 2 aromatic rings. The minimum Gasteiger partial charge on any atom is -0.444 e. The number of carbonyl (C=O) groups excluding carboxylic acids is 1. The van der Waals surface area contributed by atoms with E-state index in [4.69, 9.17) is 4.74 Å². The number of H-pyrrole nitrogens is 1. The van der Waals surface area contributed by atoms with Crippen molar-refractivity contribution in [3.63, 3.8) is 0 Å². The Labute approximate surface area is 99.2 Å². The van der Waals surface area contributed by atoms with Crippen molar-refractivity contribution in [3.8, 4) is 0 Å². The molecule has 0 fully saturated rings. The van der Waals surface area contributed by atoms with Crippen molar-refractivity contribution in [3.05, 3.63) is 24.5 Å². The summed E-state index contributed by atoms with van der Waals surface area (Å²) < 4.78 is 5.14. The third-order valence-electron chi connectivity index (χ3n) is 2.07. The molecule has 1 amide bonds. The smallest absolute Gasteiger partial charge is 0.413 e. The summed E-state index contributed by atoms with van der Waals surface area (Å²) in [5, 5.41) is 3.59. The van der Waals surface area contributed by atoms with Gasteiger partial charge in [0.05, 0.1) is 11.7 Å². The Morgan fingerprint density at radius 1 is 1.47 bits per heavy atom. The molecule has 0 bridgehead atoms. The van der Waals surface area contributed by atoms with E-state index in [1.54, 1.807) is 12.3 Å². The third kappa shape index (κ3) is 2.96. The fourth-order valence-corrected chi connectivity index (χ4v) is 1.43. The first-order valence-electron chi connectivity index (χ1n) is 5.37. The van der Waals surface area contributed by atoms with Gasteiger partial charge in [-0.3, -0.25) is 5.32 Å². The number of hydrogen-bond acceptors (Lipinski definition) is 3. The highest BCUT2D eigenvalue weighted by atomic mass is 16.6. The van der Waals surface area contributed by atoms with Crippen LogP contribution < -0.4 is 5.32 Å². The Morgan fingerprint density at radius 3 is 2.94 bits per heavy atom. The first-order valence-corrected chi connectivity index (χ1v) is 5.37. The predicted molar refractivity (Wildman–Crippen MR) is 66.0 cm³/mol. The number of aromatic nitrogens is 2. The van der Waals surface area contributed by atoms with Gasteiger partial charge in [0.25, 0.3) is 0 Å². The second-order valence-corrected chi connectivity index (χ2v) is 4.76. The zero-order chi connectivity index (χ0) is 12.5. The fraction of sp³-hybridized carbons (Fsp3) is 0.333. The van der Waals surface area contributed by atoms with E-state index in [2.05, 4.69) is 15.3 Å². The van der Waals surface area contributed by atoms with Gasteiger partial charge >= 0.3 is 6.09 Å². The van der Waals surface area contributed by atoms with Gasteiger partial charge in [-0.15, -0.1) is 0 Å². The fourth-order valence-electron chi connectivity index (χ4n) is 1.43. The minimum absolute atomic E-state index is 0.478. The van der Waals surface area contributed by atoms with Crippen LogP contribution in [0.3, 0.4) is 0 Å². The summed E-state index contributed by atoms with van der Waals surface area (Å²) in [6, 6.07) is 3.70. The summed E-state index contributed by atoms with van der Waals surface area (Å²) in [4.78, 5) is 18.7. The zero-order valence-electron chi connectivity index (χ0n) is 10.1. The molecule has 0 aliphatic rings. The molecule has 2 N–H and O–H groups in total. The molecular formula is C12H15N3O2. The molecule has 0 saturated carbocycles. The van der Waals surface area contributed by atoms with Crippen molar-refractivity contribution in [2.75, 3.05) is 5.32 Å². The van der Waals surface area contributed by atoms with Crippen molar-refractivity contribution in [2.24, 2.45) is 0 Å². The van der Waals surface area contributed by atoms with Crippen LogP contribution in [0.4, 0.5) is 10.6 Å². The van der Waals surface area contributed by atoms with E-state index in [9.17, 15) is 4.79 Å². The Balaban J connectivity index is 2.10. The summed E-state index contributed by atoms with van der Waals surface area (Å²) >= 11 is 0. The number of nitrogens with one attached hydrogen (secondary N) is 2. The van der Waals surface area contributed by atoms with Gasteiger partial charge in [-0.2, -0.15) is 0 Å². The van der Waals surface area contributed by atoms with Crippen molar-refractivity contribution < 1.29 is 9.53 Å². The van der Waals surface area contributed by atoms with Crippen LogP contribution in [-0.2, 0) is 4.74 Å². The quantitative estimate of drug-likeness (QED) is 0.795. The van der Waals surface area contributed by atoms with Gasteiger partial charge in [0.1, 0.15) is 11.4 Å². The van der Waals surface area contributed by atoms with Crippen molar-refractivity contribution in [1.82, 2.24) is 9.97 Å². The Kier molecular flexibility index (Phi) is 2.75. The van der Waals surface area contributed by atoms with Crippen molar-refractivity contribution in [1.29, 1.82) is 0 Å². The van der Waals surface area contributed by atoms with Gasteiger partial charge in [-0.05, 0) is 32.9 Å². The van der Waals surface area contributed by atoms with E-state index in [1.165, 1.54) is 0 Å². The van der Waals surface area contributed by atoms with E-state index in [0.29, 0.717) is 5.82 Å². The highest BCUT2D eigenvalue weighted by Gasteiger charge is 2.16. The summed E-state index contributed by atoms with van der Waals surface area (Å²) in [5.41, 5.74) is 0.419. The van der Waals surface area contributed by atoms with E-state index in [-0.39, 0.29) is 0 Å². The van der Waals surface area contributed by atoms with Crippen molar-refractivity contribution in [2.45, 2.75) is 26.4 Å². The zero-order valence-corrected chi connectivity index (χ0v) is 10.1. The molecule has 0 aromatic carbocycles. The van der Waals surface area contributed by atoms with E-state index < -0.39 is 11.7 Å². The maximum atomic E-state index is 11.5. The molecule has 0 aliphatic carbocycles. The number of anilines is 1. The lowest BCUT2D eigenvalue weighted by atomic mass is 10.2. The SMILES string of the molecule is CC(C)(C)OC(=O)Nc1cc2cc[nH]c2cn1. The monoisotopic (exact) mass is 233 g/mol. The molecule has 0 atom stereocenters. The van der Waals surface area contributed by atoms with E-state index >= 15 is 0 Å². The highest BCUT2D eigenvalue weighted by molar-refractivity contribution is 5.88. The molecule has 90 valence electrons. The lowest BCUT2D eigenvalue weighted by Crippen LogP contribution is -2.27. The molecule has 2 aromatic heterocycles. The van der Waals surface area contributed by atoms with Crippen LogP contribution in [0.25, 0.3) is 10.9 Å².